The summed E-state index contributed by atoms with van der Waals surface area (Å²) >= 11 is 0. The lowest BCUT2D eigenvalue weighted by Gasteiger charge is -2.36. The maximum atomic E-state index is 13.4. The normalized spacial score (nSPS) is 14.1. The zero-order chi connectivity index (χ0) is 26.7. The summed E-state index contributed by atoms with van der Waals surface area (Å²) in [4.78, 5) is 32.4. The molecule has 0 spiro atoms. The number of rotatable bonds is 12. The number of unbranched alkanes of at least 4 members (excludes halogenated alkanes) is 4. The number of amides is 2. The van der Waals surface area contributed by atoms with Crippen molar-refractivity contribution in [3.8, 4) is 0 Å². The molecule has 0 radical (unpaired) electrons. The number of carbonyl (C=O) groups is 2. The molecular weight excluding hydrogens is 477 g/mol. The quantitative estimate of drug-likeness (QED) is 0.272. The van der Waals surface area contributed by atoms with E-state index in [2.05, 4.69) is 17.9 Å². The van der Waals surface area contributed by atoms with E-state index in [-0.39, 0.29) is 17.6 Å². The molecule has 38 heavy (non-hydrogen) atoms. The fraction of sp³-hybridized carbons (Fsp3) is 0.438. The zero-order valence-corrected chi connectivity index (χ0v) is 22.6. The van der Waals surface area contributed by atoms with Gasteiger partial charge in [0, 0.05) is 57.8 Å². The van der Waals surface area contributed by atoms with Gasteiger partial charge in [-0.15, -0.1) is 0 Å². The van der Waals surface area contributed by atoms with Gasteiger partial charge in [0.25, 0.3) is 5.91 Å². The van der Waals surface area contributed by atoms with Crippen LogP contribution in [0.25, 0.3) is 10.8 Å². The Balaban J connectivity index is 1.29. The van der Waals surface area contributed by atoms with Crippen molar-refractivity contribution in [2.24, 2.45) is 0 Å². The van der Waals surface area contributed by atoms with Gasteiger partial charge in [-0.2, -0.15) is 0 Å². The van der Waals surface area contributed by atoms with Gasteiger partial charge in [0.05, 0.1) is 0 Å². The van der Waals surface area contributed by atoms with Gasteiger partial charge < -0.3 is 9.80 Å². The molecule has 0 atom stereocenters. The second-order valence-electron chi connectivity index (χ2n) is 10.3. The van der Waals surface area contributed by atoms with Crippen LogP contribution in [0, 0.1) is 5.82 Å². The van der Waals surface area contributed by atoms with E-state index in [4.69, 9.17) is 0 Å². The lowest BCUT2D eigenvalue weighted by molar-refractivity contribution is -0.132. The number of fused-ring (bicyclic) bond motifs is 1. The first kappa shape index (κ1) is 27.8. The molecule has 6 heteroatoms. The highest BCUT2D eigenvalue weighted by Crippen LogP contribution is 2.18. The van der Waals surface area contributed by atoms with Gasteiger partial charge in [0.15, 0.2) is 0 Å². The summed E-state index contributed by atoms with van der Waals surface area (Å²) in [6.45, 7) is 7.00. The number of carbonyl (C=O) groups excluding carboxylic acids is 2. The Morgan fingerprint density at radius 2 is 1.55 bits per heavy atom. The highest BCUT2D eigenvalue weighted by atomic mass is 19.1. The molecular formula is C32H40FN3O2. The van der Waals surface area contributed by atoms with Crippen LogP contribution in [0.3, 0.4) is 0 Å². The van der Waals surface area contributed by atoms with Crippen molar-refractivity contribution < 1.29 is 14.0 Å². The van der Waals surface area contributed by atoms with Crippen LogP contribution in [0.5, 0.6) is 0 Å². The summed E-state index contributed by atoms with van der Waals surface area (Å²) in [7, 11) is 0. The van der Waals surface area contributed by atoms with Crippen molar-refractivity contribution in [1.29, 1.82) is 0 Å². The van der Waals surface area contributed by atoms with E-state index in [1.54, 1.807) is 12.1 Å². The van der Waals surface area contributed by atoms with Crippen LogP contribution in [-0.4, -0.2) is 65.8 Å². The van der Waals surface area contributed by atoms with Gasteiger partial charge in [0.2, 0.25) is 5.91 Å². The van der Waals surface area contributed by atoms with Crippen LogP contribution in [0.2, 0.25) is 0 Å². The molecule has 3 aromatic rings. The number of piperazine rings is 1. The first-order chi connectivity index (χ1) is 18.5. The zero-order valence-electron chi connectivity index (χ0n) is 22.6. The van der Waals surface area contributed by atoms with E-state index in [1.807, 2.05) is 46.2 Å². The number of hydrogen-bond donors (Lipinski definition) is 0. The fourth-order valence-electron chi connectivity index (χ4n) is 5.08. The van der Waals surface area contributed by atoms with Crippen LogP contribution in [-0.2, 0) is 11.3 Å². The molecule has 1 saturated heterocycles. The average Bonchev–Trinajstić information content (AvgIpc) is 2.95. The molecule has 0 aromatic heterocycles. The van der Waals surface area contributed by atoms with Gasteiger partial charge in [-0.3, -0.25) is 14.5 Å². The summed E-state index contributed by atoms with van der Waals surface area (Å²) in [6, 6.07) is 20.4. The maximum Gasteiger partial charge on any atom is 0.253 e. The minimum atomic E-state index is -0.265. The molecule has 1 fully saturated rings. The number of benzene rings is 3. The Bertz CT molecular complexity index is 1190. The summed E-state index contributed by atoms with van der Waals surface area (Å²) < 4.78 is 13.4. The molecule has 202 valence electrons. The number of halogens is 1. The summed E-state index contributed by atoms with van der Waals surface area (Å²) in [5.74, 6) is -0.0267. The van der Waals surface area contributed by atoms with Gasteiger partial charge in [-0.25, -0.2) is 4.39 Å². The molecule has 1 aliphatic rings. The van der Waals surface area contributed by atoms with Crippen LogP contribution >= 0.6 is 0 Å². The molecule has 2 amide bonds. The van der Waals surface area contributed by atoms with Crippen molar-refractivity contribution in [3.63, 3.8) is 0 Å². The Morgan fingerprint density at radius 1 is 0.842 bits per heavy atom. The lowest BCUT2D eigenvalue weighted by Crippen LogP contribution is -2.50. The Labute approximate surface area is 226 Å². The highest BCUT2D eigenvalue weighted by Gasteiger charge is 2.23. The molecule has 1 aliphatic heterocycles. The predicted molar refractivity (Wildman–Crippen MR) is 151 cm³/mol. The number of nitrogens with zero attached hydrogens (tertiary/aromatic N) is 3. The molecule has 3 aromatic carbocycles. The molecule has 4 rings (SSSR count). The van der Waals surface area contributed by atoms with Crippen molar-refractivity contribution >= 4 is 22.6 Å². The van der Waals surface area contributed by atoms with E-state index >= 15 is 0 Å². The summed E-state index contributed by atoms with van der Waals surface area (Å²) in [6.07, 6.45) is 6.11. The summed E-state index contributed by atoms with van der Waals surface area (Å²) in [5.41, 5.74) is 1.67. The standard InChI is InChI=1S/C32H40FN3O2/c1-2-3-4-5-6-11-31(37)36(25-26-12-16-30(33)17-13-26)23-20-34-18-21-35(22-19-34)32(38)29-15-14-27-9-7-8-10-28(27)24-29/h7-10,12-17,24H,2-6,11,18-23,25H2,1H3. The summed E-state index contributed by atoms with van der Waals surface area (Å²) in [5, 5.41) is 2.21. The van der Waals surface area contributed by atoms with Gasteiger partial charge in [0.1, 0.15) is 5.82 Å². The van der Waals surface area contributed by atoms with Crippen molar-refractivity contribution in [3.05, 3.63) is 83.7 Å². The third-order valence-electron chi connectivity index (χ3n) is 7.48. The molecule has 0 saturated carbocycles. The molecule has 1 heterocycles. The van der Waals surface area contributed by atoms with E-state index in [0.29, 0.717) is 32.6 Å². The minimum absolute atomic E-state index is 0.0755. The largest absolute Gasteiger partial charge is 0.337 e. The average molecular weight is 518 g/mol. The monoisotopic (exact) mass is 517 g/mol. The third-order valence-corrected chi connectivity index (χ3v) is 7.48. The Kier molecular flexibility index (Phi) is 10.3. The SMILES string of the molecule is CCCCCCCC(=O)N(CCN1CCN(C(=O)c2ccc3ccccc3c2)CC1)Cc1ccc(F)cc1. The third kappa shape index (κ3) is 7.87. The van der Waals surface area contributed by atoms with E-state index in [0.717, 1.165) is 54.4 Å². The van der Waals surface area contributed by atoms with Crippen LogP contribution in [0.1, 0.15) is 61.4 Å². The van der Waals surface area contributed by atoms with Gasteiger partial charge in [-0.05, 0) is 47.0 Å². The van der Waals surface area contributed by atoms with Crippen molar-refractivity contribution in [1.82, 2.24) is 14.7 Å². The van der Waals surface area contributed by atoms with Crippen molar-refractivity contribution in [2.75, 3.05) is 39.3 Å². The second kappa shape index (κ2) is 14.1. The Hall–Kier alpha value is -3.25. The Morgan fingerprint density at radius 3 is 2.29 bits per heavy atom. The molecule has 5 nitrogen and oxygen atoms in total. The lowest BCUT2D eigenvalue weighted by atomic mass is 10.1. The first-order valence-corrected chi connectivity index (χ1v) is 14.1. The molecule has 0 N–H and O–H groups in total. The predicted octanol–water partition coefficient (Wildman–Crippen LogP) is 6.13. The van der Waals surface area contributed by atoms with E-state index in [1.165, 1.54) is 31.4 Å². The van der Waals surface area contributed by atoms with E-state index < -0.39 is 0 Å². The van der Waals surface area contributed by atoms with Crippen molar-refractivity contribution in [2.45, 2.75) is 52.0 Å². The fourth-order valence-corrected chi connectivity index (χ4v) is 5.08. The van der Waals surface area contributed by atoms with Crippen LogP contribution in [0.15, 0.2) is 66.7 Å². The molecule has 0 bridgehead atoms. The van der Waals surface area contributed by atoms with E-state index in [9.17, 15) is 14.0 Å². The first-order valence-electron chi connectivity index (χ1n) is 14.1. The molecule has 0 unspecified atom stereocenters. The maximum absolute atomic E-state index is 13.4. The second-order valence-corrected chi connectivity index (χ2v) is 10.3. The van der Waals surface area contributed by atoms with Gasteiger partial charge in [-0.1, -0.05) is 75.1 Å². The minimum Gasteiger partial charge on any atom is -0.337 e. The van der Waals surface area contributed by atoms with Crippen LogP contribution in [0.4, 0.5) is 4.39 Å². The molecule has 0 aliphatic carbocycles. The van der Waals surface area contributed by atoms with Gasteiger partial charge >= 0.3 is 0 Å². The van der Waals surface area contributed by atoms with Crippen LogP contribution < -0.4 is 0 Å². The highest BCUT2D eigenvalue weighted by molar-refractivity contribution is 5.98. The topological polar surface area (TPSA) is 43.9 Å². The smallest absolute Gasteiger partial charge is 0.253 e. The number of hydrogen-bond acceptors (Lipinski definition) is 3.